The molecule has 1 saturated heterocycles. The topological polar surface area (TPSA) is 111 Å². The van der Waals surface area contributed by atoms with E-state index in [0.29, 0.717) is 18.4 Å². The Bertz CT molecular complexity index is 718. The molecule has 0 atom stereocenters. The number of nitrogens with two attached hydrogens (primary N) is 1. The summed E-state index contributed by atoms with van der Waals surface area (Å²) in [5, 5.41) is 16.6. The summed E-state index contributed by atoms with van der Waals surface area (Å²) in [6.07, 6.45) is 4.52. The molecule has 1 aromatic rings. The zero-order chi connectivity index (χ0) is 20.3. The molecule has 28 heavy (non-hydrogen) atoms. The molecule has 1 aromatic carbocycles. The second-order valence-corrected chi connectivity index (χ2v) is 8.01. The number of anilines is 1. The Morgan fingerprint density at radius 1 is 1.04 bits per heavy atom. The summed E-state index contributed by atoms with van der Waals surface area (Å²) in [6, 6.07) is 7.84. The van der Waals surface area contributed by atoms with Gasteiger partial charge in [0.1, 0.15) is 5.84 Å². The number of nitrogen functional groups attached to an aromatic ring is 1. The molecule has 0 unspecified atom stereocenters. The summed E-state index contributed by atoms with van der Waals surface area (Å²) in [5.74, 6) is -0.662. The van der Waals surface area contributed by atoms with Crippen LogP contribution in [0.1, 0.15) is 44.1 Å². The van der Waals surface area contributed by atoms with Crippen molar-refractivity contribution in [2.75, 3.05) is 25.0 Å². The van der Waals surface area contributed by atoms with Crippen LogP contribution in [0.3, 0.4) is 0 Å². The Kier molecular flexibility index (Phi) is 6.21. The average Bonchev–Trinajstić information content (AvgIpc) is 2.73. The molecule has 0 spiro atoms. The van der Waals surface area contributed by atoms with E-state index in [1.165, 1.54) is 0 Å². The van der Waals surface area contributed by atoms with Crippen LogP contribution in [-0.2, 0) is 9.59 Å². The summed E-state index contributed by atoms with van der Waals surface area (Å²) in [5.41, 5.74) is 7.31. The first kappa shape index (κ1) is 20.2. The van der Waals surface area contributed by atoms with Crippen molar-refractivity contribution in [3.63, 3.8) is 0 Å². The van der Waals surface area contributed by atoms with E-state index in [1.807, 2.05) is 36.2 Å². The second kappa shape index (κ2) is 8.63. The number of nitrogens with zero attached hydrogens (tertiary/aromatic N) is 2. The Morgan fingerprint density at radius 3 is 2.11 bits per heavy atom. The zero-order valence-corrected chi connectivity index (χ0v) is 16.4. The smallest absolute Gasteiger partial charge is 0.306 e. The molecule has 2 aliphatic rings. The Labute approximate surface area is 166 Å². The first-order valence-electron chi connectivity index (χ1n) is 10.1. The number of amidine groups is 1. The SMILES string of the molecule is CN(C(=O)C1CCN(c2ccc(C(=N)N)cc2)CC1)C1CCC(C(=O)O)CC1. The lowest BCUT2D eigenvalue weighted by Gasteiger charge is -2.38. The van der Waals surface area contributed by atoms with Crippen molar-refractivity contribution in [1.82, 2.24) is 4.90 Å². The molecule has 0 bridgehead atoms. The summed E-state index contributed by atoms with van der Waals surface area (Å²) in [7, 11) is 1.88. The fraction of sp³-hybridized carbons (Fsp3) is 0.571. The lowest BCUT2D eigenvalue weighted by Crippen LogP contribution is -2.46. The number of amides is 1. The van der Waals surface area contributed by atoms with Gasteiger partial charge in [0.25, 0.3) is 0 Å². The van der Waals surface area contributed by atoms with Gasteiger partial charge >= 0.3 is 5.97 Å². The van der Waals surface area contributed by atoms with Crippen molar-refractivity contribution in [1.29, 1.82) is 5.41 Å². The fourth-order valence-electron chi connectivity index (χ4n) is 4.41. The van der Waals surface area contributed by atoms with Gasteiger partial charge in [0.2, 0.25) is 5.91 Å². The number of carbonyl (C=O) groups excluding carboxylic acids is 1. The first-order chi connectivity index (χ1) is 13.4. The van der Waals surface area contributed by atoms with Crippen LogP contribution in [0.2, 0.25) is 0 Å². The van der Waals surface area contributed by atoms with Crippen LogP contribution in [0.25, 0.3) is 0 Å². The van der Waals surface area contributed by atoms with E-state index < -0.39 is 5.97 Å². The van der Waals surface area contributed by atoms with Gasteiger partial charge in [-0.1, -0.05) is 0 Å². The molecule has 1 saturated carbocycles. The summed E-state index contributed by atoms with van der Waals surface area (Å²) < 4.78 is 0. The minimum Gasteiger partial charge on any atom is -0.481 e. The lowest BCUT2D eigenvalue weighted by molar-refractivity contribution is -0.143. The van der Waals surface area contributed by atoms with E-state index in [2.05, 4.69) is 4.90 Å². The number of benzene rings is 1. The lowest BCUT2D eigenvalue weighted by atomic mass is 9.84. The number of piperidine rings is 1. The third-order valence-corrected chi connectivity index (χ3v) is 6.33. The normalized spacial score (nSPS) is 23.2. The molecule has 152 valence electrons. The highest BCUT2D eigenvalue weighted by Crippen LogP contribution is 2.30. The standard InChI is InChI=1S/C21H30N4O3/c1-24(17-6-4-16(5-7-17)21(27)28)20(26)15-10-12-25(13-11-15)18-8-2-14(3-9-18)19(22)23/h2-3,8-9,15-17H,4-7,10-13H2,1H3,(H3,22,23)(H,27,28). The highest BCUT2D eigenvalue weighted by molar-refractivity contribution is 5.95. The number of rotatable bonds is 5. The van der Waals surface area contributed by atoms with Crippen molar-refractivity contribution >= 4 is 23.4 Å². The molecule has 1 aliphatic carbocycles. The fourth-order valence-corrected chi connectivity index (χ4v) is 4.41. The molecule has 3 rings (SSSR count). The van der Waals surface area contributed by atoms with Gasteiger partial charge in [-0.25, -0.2) is 0 Å². The number of carbonyl (C=O) groups is 2. The molecule has 7 heteroatoms. The quantitative estimate of drug-likeness (QED) is 0.531. The Morgan fingerprint density at radius 2 is 1.61 bits per heavy atom. The van der Waals surface area contributed by atoms with Gasteiger partial charge in [-0.05, 0) is 62.8 Å². The Balaban J connectivity index is 1.50. The van der Waals surface area contributed by atoms with Crippen molar-refractivity contribution in [3.05, 3.63) is 29.8 Å². The highest BCUT2D eigenvalue weighted by atomic mass is 16.4. The van der Waals surface area contributed by atoms with Crippen molar-refractivity contribution in [2.45, 2.75) is 44.6 Å². The van der Waals surface area contributed by atoms with Gasteiger partial charge in [-0.2, -0.15) is 0 Å². The van der Waals surface area contributed by atoms with E-state index in [4.69, 9.17) is 16.2 Å². The van der Waals surface area contributed by atoms with Gasteiger partial charge < -0.3 is 20.6 Å². The summed E-state index contributed by atoms with van der Waals surface area (Å²) in [4.78, 5) is 28.2. The third kappa shape index (κ3) is 4.46. The number of nitrogens with one attached hydrogen (secondary N) is 1. The summed E-state index contributed by atoms with van der Waals surface area (Å²) >= 11 is 0. The maximum atomic E-state index is 12.9. The predicted molar refractivity (Wildman–Crippen MR) is 109 cm³/mol. The molecule has 0 radical (unpaired) electrons. The van der Waals surface area contributed by atoms with Gasteiger partial charge in [0, 0.05) is 43.3 Å². The van der Waals surface area contributed by atoms with Gasteiger partial charge in [-0.15, -0.1) is 0 Å². The van der Waals surface area contributed by atoms with E-state index in [1.54, 1.807) is 0 Å². The van der Waals surface area contributed by atoms with E-state index in [9.17, 15) is 9.59 Å². The van der Waals surface area contributed by atoms with E-state index in [-0.39, 0.29) is 29.6 Å². The van der Waals surface area contributed by atoms with Crippen LogP contribution in [-0.4, -0.2) is 53.9 Å². The zero-order valence-electron chi connectivity index (χ0n) is 16.4. The monoisotopic (exact) mass is 386 g/mol. The first-order valence-corrected chi connectivity index (χ1v) is 10.1. The van der Waals surface area contributed by atoms with Gasteiger partial charge in [0.05, 0.1) is 5.92 Å². The molecular formula is C21H30N4O3. The van der Waals surface area contributed by atoms with Gasteiger partial charge in [0.15, 0.2) is 0 Å². The van der Waals surface area contributed by atoms with E-state index >= 15 is 0 Å². The van der Waals surface area contributed by atoms with Crippen LogP contribution in [0.5, 0.6) is 0 Å². The van der Waals surface area contributed by atoms with Crippen molar-refractivity contribution in [3.8, 4) is 0 Å². The number of aliphatic carboxylic acids is 1. The van der Waals surface area contributed by atoms with Crippen molar-refractivity contribution in [2.24, 2.45) is 17.6 Å². The number of hydrogen-bond acceptors (Lipinski definition) is 4. The molecule has 1 amide bonds. The van der Waals surface area contributed by atoms with Crippen LogP contribution < -0.4 is 10.6 Å². The van der Waals surface area contributed by atoms with E-state index in [0.717, 1.165) is 44.5 Å². The van der Waals surface area contributed by atoms with Crippen LogP contribution in [0.4, 0.5) is 5.69 Å². The second-order valence-electron chi connectivity index (χ2n) is 8.01. The minimum absolute atomic E-state index is 0.0370. The molecule has 1 heterocycles. The van der Waals surface area contributed by atoms with Gasteiger partial charge in [-0.3, -0.25) is 15.0 Å². The molecule has 1 aliphatic heterocycles. The third-order valence-electron chi connectivity index (χ3n) is 6.33. The molecule has 0 aromatic heterocycles. The van der Waals surface area contributed by atoms with Crippen LogP contribution in [0.15, 0.2) is 24.3 Å². The number of hydrogen-bond donors (Lipinski definition) is 3. The van der Waals surface area contributed by atoms with Crippen molar-refractivity contribution < 1.29 is 14.7 Å². The maximum Gasteiger partial charge on any atom is 0.306 e. The molecule has 4 N–H and O–H groups in total. The molecular weight excluding hydrogens is 356 g/mol. The maximum absolute atomic E-state index is 12.9. The molecule has 2 fully saturated rings. The predicted octanol–water partition coefficient (Wildman–Crippen LogP) is 2.29. The number of carboxylic acids is 1. The largest absolute Gasteiger partial charge is 0.481 e. The van der Waals surface area contributed by atoms with Crippen LogP contribution >= 0.6 is 0 Å². The molecule has 7 nitrogen and oxygen atoms in total. The Hall–Kier alpha value is -2.57. The van der Waals surface area contributed by atoms with Crippen LogP contribution in [0, 0.1) is 17.2 Å². The number of carboxylic acid groups (broad SMARTS) is 1. The average molecular weight is 386 g/mol. The minimum atomic E-state index is -0.712. The highest BCUT2D eigenvalue weighted by Gasteiger charge is 2.33. The summed E-state index contributed by atoms with van der Waals surface area (Å²) in [6.45, 7) is 1.66.